The van der Waals surface area contributed by atoms with Crippen LogP contribution in [0.3, 0.4) is 0 Å². The lowest BCUT2D eigenvalue weighted by Crippen LogP contribution is -2.25. The van der Waals surface area contributed by atoms with Gasteiger partial charge in [0.15, 0.2) is 5.16 Å². The Kier molecular flexibility index (Phi) is 5.27. The van der Waals surface area contributed by atoms with Gasteiger partial charge in [0.25, 0.3) is 5.91 Å². The molecule has 3 rings (SSSR count). The van der Waals surface area contributed by atoms with Crippen LogP contribution in [-0.4, -0.2) is 36.0 Å². The Morgan fingerprint density at radius 1 is 1.28 bits per heavy atom. The fourth-order valence-corrected chi connectivity index (χ4v) is 3.36. The summed E-state index contributed by atoms with van der Waals surface area (Å²) in [4.78, 5) is 23.4. The Hall–Kier alpha value is -2.08. The van der Waals surface area contributed by atoms with Crippen LogP contribution in [0.5, 0.6) is 0 Å². The van der Waals surface area contributed by atoms with E-state index in [-0.39, 0.29) is 5.91 Å². The Balaban J connectivity index is 1.70. The van der Waals surface area contributed by atoms with Gasteiger partial charge in [-0.1, -0.05) is 23.9 Å². The molecule has 1 fully saturated rings. The van der Waals surface area contributed by atoms with E-state index in [1.54, 1.807) is 11.8 Å². The van der Waals surface area contributed by atoms with Crippen molar-refractivity contribution in [2.75, 3.05) is 19.0 Å². The average Bonchev–Trinajstić information content (AvgIpc) is 3.39. The molecular weight excluding hydrogens is 332 g/mol. The summed E-state index contributed by atoms with van der Waals surface area (Å²) >= 11 is 1.59. The number of rotatable bonds is 6. The van der Waals surface area contributed by atoms with Crippen LogP contribution >= 0.6 is 11.8 Å². The minimum absolute atomic E-state index is 0.0201. The first-order valence-electron chi connectivity index (χ1n) is 8.49. The first kappa shape index (κ1) is 17.7. The van der Waals surface area contributed by atoms with Crippen LogP contribution in [0, 0.1) is 13.8 Å². The van der Waals surface area contributed by atoms with Crippen LogP contribution in [-0.2, 0) is 5.75 Å². The Bertz CT molecular complexity index is 787. The van der Waals surface area contributed by atoms with Gasteiger partial charge in [-0.2, -0.15) is 0 Å². The van der Waals surface area contributed by atoms with Crippen molar-refractivity contribution in [3.8, 4) is 0 Å². The standard InChI is InChI=1S/C19H24N4OS/c1-12-13(2)20-19(22-17(12)23(3)4)25-11-14-6-5-7-15(10-14)18(24)21-16-8-9-16/h5-7,10,16H,8-9,11H2,1-4H3,(H,21,24). The molecule has 5 nitrogen and oxygen atoms in total. The fourth-order valence-electron chi connectivity index (χ4n) is 2.54. The number of aromatic nitrogens is 2. The van der Waals surface area contributed by atoms with E-state index < -0.39 is 0 Å². The van der Waals surface area contributed by atoms with E-state index in [0.717, 1.165) is 52.0 Å². The highest BCUT2D eigenvalue weighted by molar-refractivity contribution is 7.98. The summed E-state index contributed by atoms with van der Waals surface area (Å²) < 4.78 is 0. The predicted octanol–water partition coefficient (Wildman–Crippen LogP) is 3.34. The maximum atomic E-state index is 12.2. The zero-order valence-corrected chi connectivity index (χ0v) is 16.0. The summed E-state index contributed by atoms with van der Waals surface area (Å²) in [6, 6.07) is 8.17. The Morgan fingerprint density at radius 2 is 2.04 bits per heavy atom. The number of hydrogen-bond donors (Lipinski definition) is 1. The lowest BCUT2D eigenvalue weighted by molar-refractivity contribution is 0.0951. The first-order chi connectivity index (χ1) is 11.9. The molecule has 0 spiro atoms. The highest BCUT2D eigenvalue weighted by Crippen LogP contribution is 2.25. The third kappa shape index (κ3) is 4.51. The number of nitrogens with zero attached hydrogens (tertiary/aromatic N) is 3. The third-order valence-corrected chi connectivity index (χ3v) is 5.15. The zero-order valence-electron chi connectivity index (χ0n) is 15.2. The average molecular weight is 356 g/mol. The smallest absolute Gasteiger partial charge is 0.251 e. The van der Waals surface area contributed by atoms with Crippen LogP contribution in [0.25, 0.3) is 0 Å². The number of nitrogens with one attached hydrogen (secondary N) is 1. The van der Waals surface area contributed by atoms with Crippen molar-refractivity contribution in [2.24, 2.45) is 0 Å². The van der Waals surface area contributed by atoms with Crippen molar-refractivity contribution < 1.29 is 4.79 Å². The monoisotopic (exact) mass is 356 g/mol. The van der Waals surface area contributed by atoms with Gasteiger partial charge in [0.1, 0.15) is 5.82 Å². The van der Waals surface area contributed by atoms with Crippen LogP contribution in [0.15, 0.2) is 29.4 Å². The summed E-state index contributed by atoms with van der Waals surface area (Å²) in [6.45, 7) is 4.05. The minimum atomic E-state index is 0.0201. The van der Waals surface area contributed by atoms with E-state index >= 15 is 0 Å². The molecule has 1 amide bonds. The second kappa shape index (κ2) is 7.44. The molecule has 0 unspecified atom stereocenters. The molecule has 6 heteroatoms. The summed E-state index contributed by atoms with van der Waals surface area (Å²) in [5.74, 6) is 1.71. The molecule has 1 aromatic carbocycles. The van der Waals surface area contributed by atoms with Gasteiger partial charge in [-0.05, 0) is 44.4 Å². The lowest BCUT2D eigenvalue weighted by Gasteiger charge is -2.16. The maximum absolute atomic E-state index is 12.2. The van der Waals surface area contributed by atoms with Gasteiger partial charge in [0, 0.05) is 42.7 Å². The van der Waals surface area contributed by atoms with Gasteiger partial charge in [-0.15, -0.1) is 0 Å². The topological polar surface area (TPSA) is 58.1 Å². The van der Waals surface area contributed by atoms with Crippen LogP contribution in [0.1, 0.15) is 40.0 Å². The normalized spacial score (nSPS) is 13.6. The van der Waals surface area contributed by atoms with Gasteiger partial charge >= 0.3 is 0 Å². The number of amides is 1. The molecule has 25 heavy (non-hydrogen) atoms. The molecule has 0 saturated heterocycles. The molecule has 2 aromatic rings. The molecular formula is C19H24N4OS. The largest absolute Gasteiger partial charge is 0.362 e. The SMILES string of the molecule is Cc1nc(SCc2cccc(C(=O)NC3CC3)c2)nc(N(C)C)c1C. The second-order valence-electron chi connectivity index (χ2n) is 6.67. The number of thioether (sulfide) groups is 1. The Morgan fingerprint density at radius 3 is 2.72 bits per heavy atom. The minimum Gasteiger partial charge on any atom is -0.362 e. The number of carbonyl (C=O) groups excluding carboxylic acids is 1. The van der Waals surface area contributed by atoms with Gasteiger partial charge < -0.3 is 10.2 Å². The molecule has 0 radical (unpaired) electrons. The third-order valence-electron chi connectivity index (χ3n) is 4.24. The van der Waals surface area contributed by atoms with E-state index in [9.17, 15) is 4.79 Å². The van der Waals surface area contributed by atoms with Crippen LogP contribution < -0.4 is 10.2 Å². The van der Waals surface area contributed by atoms with Crippen LogP contribution in [0.2, 0.25) is 0 Å². The summed E-state index contributed by atoms with van der Waals surface area (Å²) in [5.41, 5.74) is 3.92. The zero-order chi connectivity index (χ0) is 18.0. The van der Waals surface area contributed by atoms with Crippen molar-refractivity contribution in [2.45, 2.75) is 43.6 Å². The van der Waals surface area contributed by atoms with E-state index in [0.29, 0.717) is 6.04 Å². The maximum Gasteiger partial charge on any atom is 0.251 e. The van der Waals surface area contributed by atoms with Gasteiger partial charge in [0.05, 0.1) is 0 Å². The first-order valence-corrected chi connectivity index (χ1v) is 9.48. The molecule has 1 aromatic heterocycles. The van der Waals surface area contributed by atoms with E-state index in [1.165, 1.54) is 0 Å². The van der Waals surface area contributed by atoms with Gasteiger partial charge in [-0.3, -0.25) is 4.79 Å². The van der Waals surface area contributed by atoms with Crippen molar-refractivity contribution in [1.29, 1.82) is 0 Å². The molecule has 0 bridgehead atoms. The number of anilines is 1. The highest BCUT2D eigenvalue weighted by atomic mass is 32.2. The fraction of sp³-hybridized carbons (Fsp3) is 0.421. The number of hydrogen-bond acceptors (Lipinski definition) is 5. The molecule has 1 saturated carbocycles. The molecule has 0 aliphatic heterocycles. The molecule has 0 atom stereocenters. The molecule has 1 aliphatic carbocycles. The van der Waals surface area contributed by atoms with Crippen molar-refractivity contribution in [3.05, 3.63) is 46.6 Å². The van der Waals surface area contributed by atoms with Crippen molar-refractivity contribution in [1.82, 2.24) is 15.3 Å². The number of benzene rings is 1. The lowest BCUT2D eigenvalue weighted by atomic mass is 10.1. The predicted molar refractivity (Wildman–Crippen MR) is 102 cm³/mol. The van der Waals surface area contributed by atoms with Crippen LogP contribution in [0.4, 0.5) is 5.82 Å². The number of carbonyl (C=O) groups is 1. The Labute approximate surface area is 153 Å². The molecule has 1 heterocycles. The number of aryl methyl sites for hydroxylation is 1. The van der Waals surface area contributed by atoms with E-state index in [2.05, 4.69) is 15.3 Å². The summed E-state index contributed by atoms with van der Waals surface area (Å²) in [7, 11) is 3.98. The van der Waals surface area contributed by atoms with Gasteiger partial charge in [-0.25, -0.2) is 9.97 Å². The van der Waals surface area contributed by atoms with Crippen molar-refractivity contribution >= 4 is 23.5 Å². The summed E-state index contributed by atoms with van der Waals surface area (Å²) in [6.07, 6.45) is 2.19. The molecule has 132 valence electrons. The van der Waals surface area contributed by atoms with E-state index in [1.807, 2.05) is 57.1 Å². The van der Waals surface area contributed by atoms with Crippen molar-refractivity contribution in [3.63, 3.8) is 0 Å². The second-order valence-corrected chi connectivity index (χ2v) is 7.61. The molecule has 1 N–H and O–H groups in total. The van der Waals surface area contributed by atoms with E-state index in [4.69, 9.17) is 0 Å². The summed E-state index contributed by atoms with van der Waals surface area (Å²) in [5, 5.41) is 3.79. The molecule has 1 aliphatic rings. The highest BCUT2D eigenvalue weighted by Gasteiger charge is 2.23. The van der Waals surface area contributed by atoms with Gasteiger partial charge in [0.2, 0.25) is 0 Å². The quantitative estimate of drug-likeness (QED) is 0.635.